The Hall–Kier alpha value is -0.970. The van der Waals surface area contributed by atoms with Gasteiger partial charge in [0.05, 0.1) is 0 Å². The van der Waals surface area contributed by atoms with Gasteiger partial charge in [0, 0.05) is 19.5 Å². The van der Waals surface area contributed by atoms with Gasteiger partial charge in [0.2, 0.25) is 0 Å². The van der Waals surface area contributed by atoms with Crippen LogP contribution in [0.5, 0.6) is 0 Å². The predicted molar refractivity (Wildman–Crippen MR) is 45.5 cm³/mol. The average molecular weight is 169 g/mol. The summed E-state index contributed by atoms with van der Waals surface area (Å²) in [5.41, 5.74) is 5.61. The number of rotatable bonds is 4. The maximum Gasteiger partial charge on any atom is 0.155 e. The van der Waals surface area contributed by atoms with Gasteiger partial charge in [0.15, 0.2) is 5.82 Å². The molecule has 0 spiro atoms. The molecule has 0 aliphatic carbocycles. The molecule has 5 heteroatoms. The third kappa shape index (κ3) is 1.79. The molecule has 1 unspecified atom stereocenters. The van der Waals surface area contributed by atoms with E-state index in [2.05, 4.69) is 22.4 Å². The second kappa shape index (κ2) is 4.15. The number of hydrogen-bond donors (Lipinski definition) is 1. The second-order valence-electron chi connectivity index (χ2n) is 2.88. The van der Waals surface area contributed by atoms with Gasteiger partial charge < -0.3 is 5.73 Å². The molecule has 0 bridgehead atoms. The Labute approximate surface area is 71.9 Å². The molecule has 1 rings (SSSR count). The summed E-state index contributed by atoms with van der Waals surface area (Å²) in [7, 11) is 1.84. The third-order valence-corrected chi connectivity index (χ3v) is 1.94. The lowest BCUT2D eigenvalue weighted by Gasteiger charge is -2.10. The standard InChI is InChI=1S/C7H15N5/c1-3-4-6(5-8)7-9-10-11-12(7)2/h6H,3-5,8H2,1-2H3. The molecule has 0 aliphatic heterocycles. The van der Waals surface area contributed by atoms with Crippen LogP contribution in [0.4, 0.5) is 0 Å². The number of aromatic nitrogens is 4. The fourth-order valence-corrected chi connectivity index (χ4v) is 1.28. The molecular formula is C7H15N5. The van der Waals surface area contributed by atoms with Crippen LogP contribution < -0.4 is 5.73 Å². The Bertz CT molecular complexity index is 231. The van der Waals surface area contributed by atoms with Crippen molar-refractivity contribution in [2.24, 2.45) is 12.8 Å². The smallest absolute Gasteiger partial charge is 0.155 e. The number of tetrazole rings is 1. The third-order valence-electron chi connectivity index (χ3n) is 1.94. The topological polar surface area (TPSA) is 69.6 Å². The monoisotopic (exact) mass is 169 g/mol. The first-order valence-corrected chi connectivity index (χ1v) is 4.21. The fraction of sp³-hybridized carbons (Fsp3) is 0.857. The van der Waals surface area contributed by atoms with Gasteiger partial charge in [-0.2, -0.15) is 0 Å². The summed E-state index contributed by atoms with van der Waals surface area (Å²) in [6.07, 6.45) is 2.15. The molecular weight excluding hydrogens is 154 g/mol. The summed E-state index contributed by atoms with van der Waals surface area (Å²) in [4.78, 5) is 0. The van der Waals surface area contributed by atoms with E-state index in [0.29, 0.717) is 12.5 Å². The summed E-state index contributed by atoms with van der Waals surface area (Å²) in [6, 6.07) is 0. The Kier molecular flexibility index (Phi) is 3.16. The van der Waals surface area contributed by atoms with Crippen LogP contribution in [0.1, 0.15) is 31.5 Å². The first kappa shape index (κ1) is 9.12. The summed E-state index contributed by atoms with van der Waals surface area (Å²) >= 11 is 0. The molecule has 5 nitrogen and oxygen atoms in total. The number of nitrogens with zero attached hydrogens (tertiary/aromatic N) is 4. The Morgan fingerprint density at radius 2 is 2.33 bits per heavy atom. The molecule has 0 saturated carbocycles. The van der Waals surface area contributed by atoms with E-state index in [4.69, 9.17) is 5.73 Å². The van der Waals surface area contributed by atoms with E-state index in [-0.39, 0.29) is 0 Å². The lowest BCUT2D eigenvalue weighted by molar-refractivity contribution is 0.551. The molecule has 1 atom stereocenters. The van der Waals surface area contributed by atoms with Crippen molar-refractivity contribution in [3.63, 3.8) is 0 Å². The first-order chi connectivity index (χ1) is 5.79. The van der Waals surface area contributed by atoms with Crippen molar-refractivity contribution in [2.75, 3.05) is 6.54 Å². The van der Waals surface area contributed by atoms with Crippen LogP contribution in [-0.4, -0.2) is 26.8 Å². The minimum atomic E-state index is 0.301. The van der Waals surface area contributed by atoms with Crippen LogP contribution in [0.2, 0.25) is 0 Å². The van der Waals surface area contributed by atoms with Gasteiger partial charge in [0.1, 0.15) is 0 Å². The lowest BCUT2D eigenvalue weighted by atomic mass is 10.0. The number of aryl methyl sites for hydroxylation is 1. The molecule has 0 radical (unpaired) electrons. The van der Waals surface area contributed by atoms with Gasteiger partial charge in [-0.05, 0) is 16.8 Å². The zero-order valence-corrected chi connectivity index (χ0v) is 7.56. The highest BCUT2D eigenvalue weighted by Gasteiger charge is 2.14. The second-order valence-corrected chi connectivity index (χ2v) is 2.88. The molecule has 12 heavy (non-hydrogen) atoms. The van der Waals surface area contributed by atoms with Crippen LogP contribution in [0, 0.1) is 0 Å². The fourth-order valence-electron chi connectivity index (χ4n) is 1.28. The van der Waals surface area contributed by atoms with Crippen LogP contribution in [0.15, 0.2) is 0 Å². The van der Waals surface area contributed by atoms with Gasteiger partial charge in [-0.1, -0.05) is 13.3 Å². The van der Waals surface area contributed by atoms with Crippen molar-refractivity contribution in [1.29, 1.82) is 0 Å². The Morgan fingerprint density at radius 1 is 1.58 bits per heavy atom. The van der Waals surface area contributed by atoms with Crippen molar-refractivity contribution in [3.05, 3.63) is 5.82 Å². The lowest BCUT2D eigenvalue weighted by Crippen LogP contribution is -2.16. The summed E-state index contributed by atoms with van der Waals surface area (Å²) in [6.45, 7) is 2.74. The molecule has 1 aromatic rings. The largest absolute Gasteiger partial charge is 0.330 e. The molecule has 0 saturated heterocycles. The minimum Gasteiger partial charge on any atom is -0.330 e. The number of hydrogen-bond acceptors (Lipinski definition) is 4. The zero-order valence-electron chi connectivity index (χ0n) is 7.56. The highest BCUT2D eigenvalue weighted by Crippen LogP contribution is 2.15. The van der Waals surface area contributed by atoms with E-state index in [1.54, 1.807) is 4.68 Å². The maximum atomic E-state index is 5.61. The van der Waals surface area contributed by atoms with Gasteiger partial charge in [0.25, 0.3) is 0 Å². The molecule has 1 heterocycles. The van der Waals surface area contributed by atoms with Crippen molar-refractivity contribution >= 4 is 0 Å². The van der Waals surface area contributed by atoms with Crippen LogP contribution in [0.25, 0.3) is 0 Å². The molecule has 2 N–H and O–H groups in total. The predicted octanol–water partition coefficient (Wildman–Crippen LogP) is 0.0525. The van der Waals surface area contributed by atoms with E-state index in [1.165, 1.54) is 0 Å². The minimum absolute atomic E-state index is 0.301. The van der Waals surface area contributed by atoms with Gasteiger partial charge >= 0.3 is 0 Å². The van der Waals surface area contributed by atoms with Crippen LogP contribution in [0.3, 0.4) is 0 Å². The maximum absolute atomic E-state index is 5.61. The van der Waals surface area contributed by atoms with E-state index >= 15 is 0 Å². The Balaban J connectivity index is 2.72. The Morgan fingerprint density at radius 3 is 2.75 bits per heavy atom. The highest BCUT2D eigenvalue weighted by atomic mass is 15.5. The molecule has 0 amide bonds. The van der Waals surface area contributed by atoms with E-state index in [1.807, 2.05) is 7.05 Å². The van der Waals surface area contributed by atoms with Crippen LogP contribution in [-0.2, 0) is 7.05 Å². The van der Waals surface area contributed by atoms with Crippen molar-refractivity contribution in [3.8, 4) is 0 Å². The number of nitrogens with two attached hydrogens (primary N) is 1. The van der Waals surface area contributed by atoms with Gasteiger partial charge in [-0.15, -0.1) is 5.10 Å². The molecule has 68 valence electrons. The summed E-state index contributed by atoms with van der Waals surface area (Å²) < 4.78 is 1.69. The molecule has 0 aliphatic rings. The molecule has 0 aromatic carbocycles. The van der Waals surface area contributed by atoms with Gasteiger partial charge in [-0.25, -0.2) is 4.68 Å². The summed E-state index contributed by atoms with van der Waals surface area (Å²) in [5, 5.41) is 11.3. The molecule has 0 fully saturated rings. The highest BCUT2D eigenvalue weighted by molar-refractivity contribution is 4.93. The van der Waals surface area contributed by atoms with E-state index in [0.717, 1.165) is 18.7 Å². The van der Waals surface area contributed by atoms with Crippen molar-refractivity contribution in [2.45, 2.75) is 25.7 Å². The quantitative estimate of drug-likeness (QED) is 0.691. The van der Waals surface area contributed by atoms with Crippen molar-refractivity contribution < 1.29 is 0 Å². The zero-order chi connectivity index (χ0) is 8.97. The normalized spacial score (nSPS) is 13.2. The SMILES string of the molecule is CCCC(CN)c1nnnn1C. The average Bonchev–Trinajstić information content (AvgIpc) is 2.47. The van der Waals surface area contributed by atoms with E-state index in [9.17, 15) is 0 Å². The first-order valence-electron chi connectivity index (χ1n) is 4.21. The van der Waals surface area contributed by atoms with Crippen molar-refractivity contribution in [1.82, 2.24) is 20.2 Å². The summed E-state index contributed by atoms with van der Waals surface area (Å²) in [5.74, 6) is 1.19. The van der Waals surface area contributed by atoms with E-state index < -0.39 is 0 Å². The van der Waals surface area contributed by atoms with Gasteiger partial charge in [-0.3, -0.25) is 0 Å². The molecule has 1 aromatic heterocycles. The van der Waals surface area contributed by atoms with Crippen LogP contribution >= 0.6 is 0 Å².